The number of rotatable bonds is 8. The molecule has 0 radical (unpaired) electrons. The Bertz CT molecular complexity index is 555. The minimum atomic E-state index is -0.453. The summed E-state index contributed by atoms with van der Waals surface area (Å²) >= 11 is 0. The molecule has 24 heavy (non-hydrogen) atoms. The SMILES string of the molecule is COCCNC(=O)C1=C[C@H](C)C[C@H](OCc2ccc(CO)cc2)O1. The van der Waals surface area contributed by atoms with Gasteiger partial charge in [-0.1, -0.05) is 31.2 Å². The van der Waals surface area contributed by atoms with Crippen LogP contribution >= 0.6 is 0 Å². The van der Waals surface area contributed by atoms with E-state index in [-0.39, 0.29) is 18.4 Å². The molecule has 1 heterocycles. The maximum absolute atomic E-state index is 12.1. The molecule has 6 nitrogen and oxygen atoms in total. The van der Waals surface area contributed by atoms with Crippen LogP contribution in [-0.2, 0) is 32.2 Å². The average Bonchev–Trinajstić information content (AvgIpc) is 2.60. The Hall–Kier alpha value is -1.89. The van der Waals surface area contributed by atoms with Crippen LogP contribution in [0.15, 0.2) is 36.1 Å². The molecule has 1 aliphatic rings. The summed E-state index contributed by atoms with van der Waals surface area (Å²) in [7, 11) is 1.58. The normalized spacial score (nSPS) is 20.2. The number of allylic oxidation sites excluding steroid dienone is 1. The van der Waals surface area contributed by atoms with E-state index < -0.39 is 6.29 Å². The lowest BCUT2D eigenvalue weighted by Gasteiger charge is -2.27. The maximum atomic E-state index is 12.1. The zero-order valence-corrected chi connectivity index (χ0v) is 14.2. The van der Waals surface area contributed by atoms with Gasteiger partial charge in [0.1, 0.15) is 0 Å². The highest BCUT2D eigenvalue weighted by molar-refractivity contribution is 5.91. The fourth-order valence-corrected chi connectivity index (χ4v) is 2.37. The van der Waals surface area contributed by atoms with Crippen molar-refractivity contribution in [1.82, 2.24) is 5.32 Å². The Labute approximate surface area is 142 Å². The smallest absolute Gasteiger partial charge is 0.286 e. The molecular formula is C18H25NO5. The van der Waals surface area contributed by atoms with Gasteiger partial charge in [-0.05, 0) is 23.1 Å². The molecule has 0 bridgehead atoms. The Kier molecular flexibility index (Phi) is 7.24. The van der Waals surface area contributed by atoms with Gasteiger partial charge in [0.25, 0.3) is 5.91 Å². The van der Waals surface area contributed by atoms with Crippen LogP contribution in [0, 0.1) is 5.92 Å². The van der Waals surface area contributed by atoms with Crippen LogP contribution < -0.4 is 5.32 Å². The lowest BCUT2D eigenvalue weighted by Crippen LogP contribution is -2.34. The number of aliphatic hydroxyl groups is 1. The van der Waals surface area contributed by atoms with Crippen molar-refractivity contribution in [2.75, 3.05) is 20.3 Å². The molecule has 1 aromatic carbocycles. The highest BCUT2D eigenvalue weighted by Gasteiger charge is 2.25. The minimum absolute atomic E-state index is 0.0245. The average molecular weight is 335 g/mol. The van der Waals surface area contributed by atoms with Gasteiger partial charge in [0.15, 0.2) is 5.76 Å². The second kappa shape index (κ2) is 9.42. The van der Waals surface area contributed by atoms with E-state index in [4.69, 9.17) is 19.3 Å². The van der Waals surface area contributed by atoms with Crippen molar-refractivity contribution in [2.45, 2.75) is 32.8 Å². The summed E-state index contributed by atoms with van der Waals surface area (Å²) < 4.78 is 16.4. The van der Waals surface area contributed by atoms with Gasteiger partial charge in [-0.15, -0.1) is 0 Å². The van der Waals surface area contributed by atoms with Crippen molar-refractivity contribution in [3.05, 3.63) is 47.2 Å². The van der Waals surface area contributed by atoms with Crippen LogP contribution in [0.2, 0.25) is 0 Å². The molecule has 2 atom stereocenters. The van der Waals surface area contributed by atoms with Gasteiger partial charge in [0, 0.05) is 20.1 Å². The third kappa shape index (κ3) is 5.63. The molecular weight excluding hydrogens is 310 g/mol. The standard InChI is InChI=1S/C18H25NO5/c1-13-9-16(18(21)19-7-8-22-2)24-17(10-13)23-12-15-5-3-14(11-20)4-6-15/h3-6,9,13,17,20H,7-8,10-12H2,1-2H3,(H,19,21)/t13-,17+/m0/s1. The van der Waals surface area contributed by atoms with E-state index >= 15 is 0 Å². The zero-order valence-electron chi connectivity index (χ0n) is 14.2. The Morgan fingerprint density at radius 3 is 2.71 bits per heavy atom. The molecule has 2 N–H and O–H groups in total. The summed E-state index contributed by atoms with van der Waals surface area (Å²) in [4.78, 5) is 12.1. The molecule has 0 aromatic heterocycles. The first kappa shape index (κ1) is 18.4. The number of hydrogen-bond acceptors (Lipinski definition) is 5. The lowest BCUT2D eigenvalue weighted by molar-refractivity contribution is -0.152. The van der Waals surface area contributed by atoms with E-state index in [1.54, 1.807) is 7.11 Å². The highest BCUT2D eigenvalue weighted by Crippen LogP contribution is 2.23. The minimum Gasteiger partial charge on any atom is -0.459 e. The summed E-state index contributed by atoms with van der Waals surface area (Å²) in [5, 5.41) is 11.8. The first-order valence-electron chi connectivity index (χ1n) is 8.08. The number of methoxy groups -OCH3 is 1. The number of hydrogen-bond donors (Lipinski definition) is 2. The van der Waals surface area contributed by atoms with Crippen molar-refractivity contribution in [2.24, 2.45) is 5.92 Å². The van der Waals surface area contributed by atoms with E-state index in [1.807, 2.05) is 37.3 Å². The van der Waals surface area contributed by atoms with E-state index in [0.29, 0.717) is 31.9 Å². The maximum Gasteiger partial charge on any atom is 0.286 e. The largest absolute Gasteiger partial charge is 0.459 e. The topological polar surface area (TPSA) is 77.0 Å². The molecule has 0 saturated carbocycles. The van der Waals surface area contributed by atoms with Crippen molar-refractivity contribution in [3.8, 4) is 0 Å². The second-order valence-electron chi connectivity index (χ2n) is 5.83. The van der Waals surface area contributed by atoms with E-state index in [2.05, 4.69) is 5.32 Å². The number of carbonyl (C=O) groups excluding carboxylic acids is 1. The van der Waals surface area contributed by atoms with Gasteiger partial charge in [-0.2, -0.15) is 0 Å². The monoisotopic (exact) mass is 335 g/mol. The molecule has 2 rings (SSSR count). The van der Waals surface area contributed by atoms with Gasteiger partial charge < -0.3 is 24.6 Å². The number of benzene rings is 1. The molecule has 0 fully saturated rings. The predicted molar refractivity (Wildman–Crippen MR) is 88.8 cm³/mol. The number of amides is 1. The Balaban J connectivity index is 1.85. The van der Waals surface area contributed by atoms with E-state index in [0.717, 1.165) is 11.1 Å². The van der Waals surface area contributed by atoms with Gasteiger partial charge in [0.05, 0.1) is 19.8 Å². The van der Waals surface area contributed by atoms with Crippen LogP contribution in [-0.4, -0.2) is 37.6 Å². The molecule has 0 aliphatic carbocycles. The first-order valence-corrected chi connectivity index (χ1v) is 8.08. The summed E-state index contributed by atoms with van der Waals surface area (Å²) in [5.41, 5.74) is 1.85. The zero-order chi connectivity index (χ0) is 17.4. The van der Waals surface area contributed by atoms with Crippen molar-refractivity contribution < 1.29 is 24.1 Å². The Morgan fingerprint density at radius 1 is 1.33 bits per heavy atom. The molecule has 132 valence electrons. The van der Waals surface area contributed by atoms with Crippen molar-refractivity contribution in [3.63, 3.8) is 0 Å². The van der Waals surface area contributed by atoms with Crippen LogP contribution in [0.1, 0.15) is 24.5 Å². The lowest BCUT2D eigenvalue weighted by atomic mass is 10.0. The summed E-state index contributed by atoms with van der Waals surface area (Å²) in [6, 6.07) is 7.54. The second-order valence-corrected chi connectivity index (χ2v) is 5.83. The summed E-state index contributed by atoms with van der Waals surface area (Å²) in [6.07, 6.45) is 2.06. The van der Waals surface area contributed by atoms with Gasteiger partial charge in [-0.25, -0.2) is 0 Å². The highest BCUT2D eigenvalue weighted by atomic mass is 16.7. The first-order chi connectivity index (χ1) is 11.6. The number of ether oxygens (including phenoxy) is 3. The van der Waals surface area contributed by atoms with E-state index in [9.17, 15) is 4.79 Å². The molecule has 1 amide bonds. The fourth-order valence-electron chi connectivity index (χ4n) is 2.37. The molecule has 0 saturated heterocycles. The van der Waals surface area contributed by atoms with Crippen LogP contribution in [0.4, 0.5) is 0 Å². The van der Waals surface area contributed by atoms with Gasteiger partial charge in [0.2, 0.25) is 6.29 Å². The molecule has 1 aliphatic heterocycles. The third-order valence-electron chi connectivity index (χ3n) is 3.72. The van der Waals surface area contributed by atoms with Gasteiger partial charge >= 0.3 is 0 Å². The fraction of sp³-hybridized carbons (Fsp3) is 0.500. The molecule has 0 unspecified atom stereocenters. The molecule has 1 aromatic rings. The number of carbonyl (C=O) groups is 1. The molecule has 0 spiro atoms. The number of aliphatic hydroxyl groups excluding tert-OH is 1. The van der Waals surface area contributed by atoms with Crippen molar-refractivity contribution >= 4 is 5.91 Å². The summed E-state index contributed by atoms with van der Waals surface area (Å²) in [5.74, 6) is 0.244. The predicted octanol–water partition coefficient (Wildman–Crippen LogP) is 1.72. The van der Waals surface area contributed by atoms with Crippen LogP contribution in [0.5, 0.6) is 0 Å². The van der Waals surface area contributed by atoms with Crippen LogP contribution in [0.3, 0.4) is 0 Å². The number of nitrogens with one attached hydrogen (secondary N) is 1. The van der Waals surface area contributed by atoms with Crippen LogP contribution in [0.25, 0.3) is 0 Å². The third-order valence-corrected chi connectivity index (χ3v) is 3.72. The van der Waals surface area contributed by atoms with E-state index in [1.165, 1.54) is 0 Å². The quantitative estimate of drug-likeness (QED) is 0.708. The molecule has 6 heteroatoms. The summed E-state index contributed by atoms with van der Waals surface area (Å²) in [6.45, 7) is 3.33. The Morgan fingerprint density at radius 2 is 2.04 bits per heavy atom. The van der Waals surface area contributed by atoms with Crippen molar-refractivity contribution in [1.29, 1.82) is 0 Å². The van der Waals surface area contributed by atoms with Gasteiger partial charge in [-0.3, -0.25) is 4.79 Å².